The van der Waals surface area contributed by atoms with Crippen molar-refractivity contribution in [2.24, 2.45) is 5.92 Å². The molecule has 3 heteroatoms. The number of Topliss-reactive ketones (excluding diaryl/α,β-unsaturated/α-hetero) is 1. The molecule has 0 rings (SSSR count). The second-order valence-corrected chi connectivity index (χ2v) is 6.20. The van der Waals surface area contributed by atoms with E-state index >= 15 is 0 Å². The lowest BCUT2D eigenvalue weighted by atomic mass is 10.2. The van der Waals surface area contributed by atoms with Crippen LogP contribution in [0.2, 0.25) is 0 Å². The Bertz CT molecular complexity index is 199. The predicted octanol–water partition coefficient (Wildman–Crippen LogP) is 2.15. The van der Waals surface area contributed by atoms with Gasteiger partial charge in [0.2, 0.25) is 0 Å². The molecule has 0 aliphatic carbocycles. The van der Waals surface area contributed by atoms with Crippen molar-refractivity contribution in [3.63, 3.8) is 0 Å². The molecule has 2 nitrogen and oxygen atoms in total. The molecule has 0 aliphatic heterocycles. The van der Waals surface area contributed by atoms with Gasteiger partial charge >= 0.3 is 0 Å². The third kappa shape index (κ3) is 4.55. The van der Waals surface area contributed by atoms with Gasteiger partial charge in [-0.15, -0.1) is 0 Å². The fourth-order valence-electron chi connectivity index (χ4n) is 1.12. The highest BCUT2D eigenvalue weighted by molar-refractivity contribution is 7.86. The minimum Gasteiger partial charge on any atom is -0.300 e. The highest BCUT2D eigenvalue weighted by atomic mass is 32.2. The summed E-state index contributed by atoms with van der Waals surface area (Å²) in [7, 11) is -0.881. The smallest absolute Gasteiger partial charge is 0.131 e. The van der Waals surface area contributed by atoms with E-state index in [1.54, 1.807) is 6.92 Å². The standard InChI is InChI=1S/C10H20O2S/c1-7(2)10(5)13(12)9(4)6-8(3)11/h7,9-10H,6H2,1-5H3. The third-order valence-corrected chi connectivity index (χ3v) is 4.51. The first-order valence-corrected chi connectivity index (χ1v) is 6.02. The molecule has 0 aliphatic rings. The average molecular weight is 204 g/mol. The van der Waals surface area contributed by atoms with Crippen molar-refractivity contribution in [1.82, 2.24) is 0 Å². The number of carbonyl (C=O) groups excluding carboxylic acids is 1. The summed E-state index contributed by atoms with van der Waals surface area (Å²) in [4.78, 5) is 10.8. The molecule has 0 saturated heterocycles. The molecule has 0 aromatic carbocycles. The van der Waals surface area contributed by atoms with E-state index in [4.69, 9.17) is 0 Å². The summed E-state index contributed by atoms with van der Waals surface area (Å²) in [5, 5.41) is 0.171. The molecule has 0 N–H and O–H groups in total. The summed E-state index contributed by atoms with van der Waals surface area (Å²) < 4.78 is 11.8. The van der Waals surface area contributed by atoms with Gasteiger partial charge in [0.15, 0.2) is 0 Å². The maximum atomic E-state index is 11.8. The topological polar surface area (TPSA) is 34.1 Å². The molecule has 0 aromatic heterocycles. The summed E-state index contributed by atoms with van der Waals surface area (Å²) in [5.41, 5.74) is 0. The van der Waals surface area contributed by atoms with Crippen LogP contribution < -0.4 is 0 Å². The van der Waals surface area contributed by atoms with Crippen LogP contribution in [0.25, 0.3) is 0 Å². The Morgan fingerprint density at radius 3 is 2.00 bits per heavy atom. The van der Waals surface area contributed by atoms with Crippen molar-refractivity contribution in [2.75, 3.05) is 0 Å². The van der Waals surface area contributed by atoms with E-state index in [1.165, 1.54) is 0 Å². The SMILES string of the molecule is CC(=O)CC(C)S(=O)C(C)C(C)C. The van der Waals surface area contributed by atoms with E-state index in [0.717, 1.165) is 0 Å². The quantitative estimate of drug-likeness (QED) is 0.687. The van der Waals surface area contributed by atoms with Gasteiger partial charge in [0.05, 0.1) is 0 Å². The second kappa shape index (κ2) is 5.53. The van der Waals surface area contributed by atoms with E-state index < -0.39 is 10.8 Å². The van der Waals surface area contributed by atoms with Crippen LogP contribution in [0.1, 0.15) is 41.0 Å². The molecule has 0 fully saturated rings. The van der Waals surface area contributed by atoms with Gasteiger partial charge in [-0.1, -0.05) is 27.7 Å². The summed E-state index contributed by atoms with van der Waals surface area (Å²) in [5.74, 6) is 0.534. The summed E-state index contributed by atoms with van der Waals surface area (Å²) >= 11 is 0. The van der Waals surface area contributed by atoms with Gasteiger partial charge in [-0.2, -0.15) is 0 Å². The van der Waals surface area contributed by atoms with Gasteiger partial charge in [-0.3, -0.25) is 9.00 Å². The van der Waals surface area contributed by atoms with Crippen LogP contribution in [0.15, 0.2) is 0 Å². The molecule has 0 radical (unpaired) electrons. The summed E-state index contributed by atoms with van der Waals surface area (Å²) in [6.07, 6.45) is 0.434. The maximum absolute atomic E-state index is 11.8. The Morgan fingerprint density at radius 2 is 1.69 bits per heavy atom. The van der Waals surface area contributed by atoms with E-state index in [1.807, 2.05) is 13.8 Å². The van der Waals surface area contributed by atoms with Gasteiger partial charge in [-0.05, 0) is 12.8 Å². The molecule has 0 spiro atoms. The molecular formula is C10H20O2S. The van der Waals surface area contributed by atoms with Crippen LogP contribution in [0.4, 0.5) is 0 Å². The van der Waals surface area contributed by atoms with Crippen LogP contribution in [0, 0.1) is 5.92 Å². The minimum atomic E-state index is -0.881. The Labute approximate surface area is 83.6 Å². The highest BCUT2D eigenvalue weighted by Crippen LogP contribution is 2.14. The van der Waals surface area contributed by atoms with E-state index in [0.29, 0.717) is 12.3 Å². The molecule has 3 atom stereocenters. The first-order chi connectivity index (χ1) is 5.86. The van der Waals surface area contributed by atoms with Crippen molar-refractivity contribution >= 4 is 16.6 Å². The number of carbonyl (C=O) groups is 1. The molecule has 3 unspecified atom stereocenters. The molecule has 78 valence electrons. The van der Waals surface area contributed by atoms with Crippen molar-refractivity contribution < 1.29 is 9.00 Å². The zero-order chi connectivity index (χ0) is 10.6. The van der Waals surface area contributed by atoms with Crippen molar-refractivity contribution in [2.45, 2.75) is 51.5 Å². The van der Waals surface area contributed by atoms with Crippen LogP contribution in [-0.2, 0) is 15.6 Å². The molecule has 13 heavy (non-hydrogen) atoms. The maximum Gasteiger partial charge on any atom is 0.131 e. The normalized spacial score (nSPS) is 18.3. The zero-order valence-electron chi connectivity index (χ0n) is 9.16. The highest BCUT2D eigenvalue weighted by Gasteiger charge is 2.21. The Kier molecular flexibility index (Phi) is 5.45. The Hall–Kier alpha value is -0.180. The fraction of sp³-hybridized carbons (Fsp3) is 0.900. The van der Waals surface area contributed by atoms with Crippen molar-refractivity contribution in [3.05, 3.63) is 0 Å². The van der Waals surface area contributed by atoms with Gasteiger partial charge in [0.25, 0.3) is 0 Å². The fourth-order valence-corrected chi connectivity index (χ4v) is 2.79. The monoisotopic (exact) mass is 204 g/mol. The van der Waals surface area contributed by atoms with E-state index in [-0.39, 0.29) is 16.3 Å². The third-order valence-electron chi connectivity index (χ3n) is 2.28. The van der Waals surface area contributed by atoms with Crippen LogP contribution in [0.3, 0.4) is 0 Å². The number of hydrogen-bond acceptors (Lipinski definition) is 2. The molecule has 0 bridgehead atoms. The van der Waals surface area contributed by atoms with E-state index in [2.05, 4.69) is 13.8 Å². The van der Waals surface area contributed by atoms with Crippen LogP contribution >= 0.6 is 0 Å². The van der Waals surface area contributed by atoms with Crippen molar-refractivity contribution in [1.29, 1.82) is 0 Å². The number of ketones is 1. The van der Waals surface area contributed by atoms with Crippen LogP contribution in [0.5, 0.6) is 0 Å². The molecule has 0 aromatic rings. The number of rotatable bonds is 5. The lowest BCUT2D eigenvalue weighted by Gasteiger charge is -2.19. The van der Waals surface area contributed by atoms with Crippen molar-refractivity contribution in [3.8, 4) is 0 Å². The summed E-state index contributed by atoms with van der Waals surface area (Å²) in [6.45, 7) is 9.54. The average Bonchev–Trinajstić information content (AvgIpc) is 2.00. The lowest BCUT2D eigenvalue weighted by Crippen LogP contribution is -2.27. The first-order valence-electron chi connectivity index (χ1n) is 4.75. The van der Waals surface area contributed by atoms with Crippen LogP contribution in [-0.4, -0.2) is 20.5 Å². The Morgan fingerprint density at radius 1 is 1.23 bits per heavy atom. The molecular weight excluding hydrogens is 184 g/mol. The van der Waals surface area contributed by atoms with Gasteiger partial charge < -0.3 is 0 Å². The first kappa shape index (κ1) is 12.8. The number of hydrogen-bond donors (Lipinski definition) is 0. The Balaban J connectivity index is 4.17. The summed E-state index contributed by atoms with van der Waals surface area (Å²) in [6, 6.07) is 0. The second-order valence-electron chi connectivity index (χ2n) is 3.99. The van der Waals surface area contributed by atoms with Gasteiger partial charge in [0.1, 0.15) is 5.78 Å². The zero-order valence-corrected chi connectivity index (χ0v) is 9.98. The molecule has 0 amide bonds. The van der Waals surface area contributed by atoms with E-state index in [9.17, 15) is 9.00 Å². The lowest BCUT2D eigenvalue weighted by molar-refractivity contribution is -0.116. The molecule has 0 heterocycles. The minimum absolute atomic E-state index is 0.00472. The van der Waals surface area contributed by atoms with Gasteiger partial charge in [0, 0.05) is 27.7 Å². The predicted molar refractivity (Wildman–Crippen MR) is 57.2 cm³/mol. The largest absolute Gasteiger partial charge is 0.300 e. The van der Waals surface area contributed by atoms with Gasteiger partial charge in [-0.25, -0.2) is 0 Å². The molecule has 0 saturated carbocycles.